The van der Waals surface area contributed by atoms with E-state index in [2.05, 4.69) is 17.9 Å². The summed E-state index contributed by atoms with van der Waals surface area (Å²) in [5, 5.41) is 3.11. The molecule has 0 heterocycles. The first kappa shape index (κ1) is 33.3. The molecule has 0 aliphatic heterocycles. The number of hydrogen-bond acceptors (Lipinski definition) is 11. The Balaban J connectivity index is 1.72. The summed E-state index contributed by atoms with van der Waals surface area (Å²) in [5.74, 6) is -0.401. The molecule has 36 heavy (non-hydrogen) atoms. The summed E-state index contributed by atoms with van der Waals surface area (Å²) in [6.07, 6.45) is 3.58. The summed E-state index contributed by atoms with van der Waals surface area (Å²) in [6.45, 7) is 4.71. The molecule has 0 saturated heterocycles. The monoisotopic (exact) mass is 649 g/mol. The van der Waals surface area contributed by atoms with Gasteiger partial charge in [-0.05, 0) is 48.3 Å². The summed E-state index contributed by atoms with van der Waals surface area (Å²) < 4.78 is 37.1. The lowest BCUT2D eigenvalue weighted by molar-refractivity contribution is -0.146. The van der Waals surface area contributed by atoms with Gasteiger partial charge in [0.05, 0.1) is 72.5 Å². The largest absolute Gasteiger partial charge is 0.463 e. The SMILES string of the molecule is O=C(I)CCC(=O)OCCOCCOCCOCCOCCOCCNC(=O)OC1CCC(S)CC1. The molecule has 1 N–H and O–H groups in total. The van der Waals surface area contributed by atoms with Crippen LogP contribution in [-0.4, -0.2) is 106 Å². The third-order valence-electron chi connectivity index (χ3n) is 4.94. The molecule has 210 valence electrons. The van der Waals surface area contributed by atoms with Crippen LogP contribution in [0.1, 0.15) is 38.5 Å². The maximum Gasteiger partial charge on any atom is 0.407 e. The number of nitrogens with one attached hydrogen (secondary N) is 1. The fraction of sp³-hybridized carbons (Fsp3) is 0.870. The first-order chi connectivity index (χ1) is 17.5. The van der Waals surface area contributed by atoms with Gasteiger partial charge in [-0.1, -0.05) is 0 Å². The highest BCUT2D eigenvalue weighted by atomic mass is 127. The van der Waals surface area contributed by atoms with E-state index in [1.54, 1.807) is 22.6 Å². The summed E-state index contributed by atoms with van der Waals surface area (Å²) in [7, 11) is 0. The van der Waals surface area contributed by atoms with Crippen LogP contribution in [0.4, 0.5) is 4.79 Å². The van der Waals surface area contributed by atoms with Gasteiger partial charge in [0, 0.05) is 18.2 Å². The van der Waals surface area contributed by atoms with Gasteiger partial charge in [0.2, 0.25) is 0 Å². The van der Waals surface area contributed by atoms with E-state index in [0.29, 0.717) is 71.3 Å². The van der Waals surface area contributed by atoms with Gasteiger partial charge in [-0.25, -0.2) is 4.79 Å². The van der Waals surface area contributed by atoms with E-state index in [4.69, 9.17) is 33.2 Å². The van der Waals surface area contributed by atoms with Crippen LogP contribution in [0.25, 0.3) is 0 Å². The molecule has 1 aliphatic rings. The molecule has 0 atom stereocenters. The Labute approximate surface area is 232 Å². The van der Waals surface area contributed by atoms with Gasteiger partial charge < -0.3 is 38.5 Å². The molecule has 11 nitrogen and oxygen atoms in total. The number of carbonyl (C=O) groups is 3. The number of carbonyl (C=O) groups excluding carboxylic acids is 3. The Morgan fingerprint density at radius 1 is 0.694 bits per heavy atom. The Morgan fingerprint density at radius 3 is 1.67 bits per heavy atom. The van der Waals surface area contributed by atoms with Crippen molar-refractivity contribution in [3.05, 3.63) is 0 Å². The van der Waals surface area contributed by atoms with E-state index in [0.717, 1.165) is 25.7 Å². The number of amides is 1. The molecule has 0 radical (unpaired) electrons. The van der Waals surface area contributed by atoms with Crippen LogP contribution >= 0.6 is 35.2 Å². The Kier molecular flexibility index (Phi) is 21.7. The molecule has 0 unspecified atom stereocenters. The van der Waals surface area contributed by atoms with E-state index in [1.807, 2.05) is 0 Å². The van der Waals surface area contributed by atoms with Crippen molar-refractivity contribution in [2.24, 2.45) is 0 Å². The zero-order valence-corrected chi connectivity index (χ0v) is 23.8. The van der Waals surface area contributed by atoms with Crippen molar-refractivity contribution in [2.45, 2.75) is 49.9 Å². The molecule has 0 aromatic rings. The van der Waals surface area contributed by atoms with Crippen LogP contribution in [0.5, 0.6) is 0 Å². The normalized spacial score (nSPS) is 17.5. The second-order valence-corrected chi connectivity index (χ2v) is 9.83. The van der Waals surface area contributed by atoms with Gasteiger partial charge in [0.1, 0.15) is 12.7 Å². The molecule has 1 saturated carbocycles. The Morgan fingerprint density at radius 2 is 1.17 bits per heavy atom. The van der Waals surface area contributed by atoms with Crippen LogP contribution in [0.2, 0.25) is 0 Å². The predicted octanol–water partition coefficient (Wildman–Crippen LogP) is 2.32. The highest BCUT2D eigenvalue weighted by molar-refractivity contribution is 14.1. The number of ether oxygens (including phenoxy) is 7. The second-order valence-electron chi connectivity index (χ2n) is 7.90. The minimum Gasteiger partial charge on any atom is -0.463 e. The van der Waals surface area contributed by atoms with Crippen LogP contribution < -0.4 is 5.32 Å². The highest BCUT2D eigenvalue weighted by Crippen LogP contribution is 2.24. The van der Waals surface area contributed by atoms with Crippen LogP contribution in [0.3, 0.4) is 0 Å². The maximum atomic E-state index is 11.7. The summed E-state index contributed by atoms with van der Waals surface area (Å²) >= 11 is 6.09. The molecule has 0 bridgehead atoms. The third-order valence-corrected chi connectivity index (χ3v) is 5.99. The van der Waals surface area contributed by atoms with Crippen molar-refractivity contribution in [3.63, 3.8) is 0 Å². The van der Waals surface area contributed by atoms with E-state index >= 15 is 0 Å². The lowest BCUT2D eigenvalue weighted by Gasteiger charge is -2.25. The maximum absolute atomic E-state index is 11.7. The molecule has 0 spiro atoms. The standard InChI is InChI=1S/C23H40INO10S/c24-21(26)5-6-22(27)34-18-17-33-16-15-32-14-13-31-12-11-30-10-9-29-8-7-25-23(28)35-19-1-3-20(36)4-2-19/h19-20,36H,1-18H2,(H,25,28). The van der Waals surface area contributed by atoms with Gasteiger partial charge in [0.25, 0.3) is 0 Å². The quantitative estimate of drug-likeness (QED) is 0.0593. The van der Waals surface area contributed by atoms with Crippen molar-refractivity contribution in [1.29, 1.82) is 0 Å². The average Bonchev–Trinajstić information content (AvgIpc) is 2.85. The van der Waals surface area contributed by atoms with E-state index < -0.39 is 12.1 Å². The van der Waals surface area contributed by atoms with E-state index in [1.165, 1.54) is 0 Å². The van der Waals surface area contributed by atoms with Crippen molar-refractivity contribution in [2.75, 3.05) is 79.2 Å². The molecule has 1 fully saturated rings. The van der Waals surface area contributed by atoms with E-state index in [-0.39, 0.29) is 35.9 Å². The Bertz CT molecular complexity index is 593. The van der Waals surface area contributed by atoms with Crippen molar-refractivity contribution in [1.82, 2.24) is 5.32 Å². The number of alkyl carbamates (subject to hydrolysis) is 1. The number of rotatable bonds is 22. The van der Waals surface area contributed by atoms with Crippen molar-refractivity contribution >= 4 is 51.1 Å². The zero-order chi connectivity index (χ0) is 26.3. The number of halogens is 1. The second kappa shape index (κ2) is 23.4. The minimum absolute atomic E-state index is 0.00837. The van der Waals surface area contributed by atoms with E-state index in [9.17, 15) is 14.4 Å². The lowest BCUT2D eigenvalue weighted by Crippen LogP contribution is -2.33. The average molecular weight is 650 g/mol. The highest BCUT2D eigenvalue weighted by Gasteiger charge is 2.21. The summed E-state index contributed by atoms with van der Waals surface area (Å²) in [4.78, 5) is 33.8. The van der Waals surface area contributed by atoms with Crippen LogP contribution in [0.15, 0.2) is 0 Å². The number of esters is 1. The summed E-state index contributed by atoms with van der Waals surface area (Å²) in [6, 6.07) is 0. The van der Waals surface area contributed by atoms with Crippen molar-refractivity contribution < 1.29 is 47.5 Å². The molecule has 1 rings (SSSR count). The molecule has 1 amide bonds. The van der Waals surface area contributed by atoms with Crippen LogP contribution in [0, 0.1) is 0 Å². The first-order valence-corrected chi connectivity index (χ1v) is 13.9. The Hall–Kier alpha value is -0.710. The molecular weight excluding hydrogens is 609 g/mol. The van der Waals surface area contributed by atoms with Gasteiger partial charge in [-0.15, -0.1) is 0 Å². The molecule has 0 aromatic carbocycles. The fourth-order valence-electron chi connectivity index (χ4n) is 3.05. The van der Waals surface area contributed by atoms with Crippen LogP contribution in [-0.2, 0) is 42.7 Å². The van der Waals surface area contributed by atoms with Gasteiger partial charge in [-0.3, -0.25) is 9.59 Å². The zero-order valence-electron chi connectivity index (χ0n) is 20.8. The fourth-order valence-corrected chi connectivity index (χ4v) is 3.62. The lowest BCUT2D eigenvalue weighted by atomic mass is 9.97. The van der Waals surface area contributed by atoms with Gasteiger partial charge >= 0.3 is 12.1 Å². The van der Waals surface area contributed by atoms with Gasteiger partial charge in [-0.2, -0.15) is 12.6 Å². The van der Waals surface area contributed by atoms with Crippen molar-refractivity contribution in [3.8, 4) is 0 Å². The molecule has 13 heteroatoms. The van der Waals surface area contributed by atoms with Gasteiger partial charge in [0.15, 0.2) is 3.79 Å². The summed E-state index contributed by atoms with van der Waals surface area (Å²) in [5.41, 5.74) is 0. The number of thiol groups is 1. The predicted molar refractivity (Wildman–Crippen MR) is 143 cm³/mol. The topological polar surface area (TPSA) is 128 Å². The molecule has 0 aromatic heterocycles. The minimum atomic E-state index is -0.401. The smallest absolute Gasteiger partial charge is 0.407 e. The number of hydrogen-bond donors (Lipinski definition) is 2. The first-order valence-electron chi connectivity index (χ1n) is 12.3. The molecular formula is C23H40INO10S. The third kappa shape index (κ3) is 21.4. The molecule has 1 aliphatic carbocycles.